The molecule has 4 rings (SSSR count). The van der Waals surface area contributed by atoms with Gasteiger partial charge in [-0.3, -0.25) is 4.79 Å². The number of nitrogens with one attached hydrogen (secondary N) is 1. The number of carbonyl (C=O) groups excluding carboxylic acids is 2. The molecule has 9 heteroatoms. The zero-order valence-corrected chi connectivity index (χ0v) is 17.8. The molecule has 0 bridgehead atoms. The van der Waals surface area contributed by atoms with Gasteiger partial charge in [-0.25, -0.2) is 4.79 Å². The molecule has 2 aromatic rings. The quantitative estimate of drug-likeness (QED) is 0.713. The summed E-state index contributed by atoms with van der Waals surface area (Å²) in [5.74, 6) is -0.0977. The van der Waals surface area contributed by atoms with E-state index in [0.29, 0.717) is 43.5 Å². The van der Waals surface area contributed by atoms with Gasteiger partial charge in [0.1, 0.15) is 11.1 Å². The Balaban J connectivity index is 1.36. The molecule has 1 saturated heterocycles. The number of hydrogen-bond acceptors (Lipinski definition) is 7. The maximum absolute atomic E-state index is 12.3. The van der Waals surface area contributed by atoms with Crippen molar-refractivity contribution >= 4 is 34.4 Å². The topological polar surface area (TPSA) is 105 Å². The van der Waals surface area contributed by atoms with Crippen LogP contribution in [0.3, 0.4) is 0 Å². The molecule has 162 valence electrons. The summed E-state index contributed by atoms with van der Waals surface area (Å²) in [6.45, 7) is 2.55. The first-order chi connectivity index (χ1) is 15.1. The van der Waals surface area contributed by atoms with Crippen molar-refractivity contribution in [2.24, 2.45) is 5.92 Å². The maximum atomic E-state index is 12.3. The fraction of sp³-hybridized carbons (Fsp3) is 0.409. The van der Waals surface area contributed by atoms with Crippen molar-refractivity contribution in [1.82, 2.24) is 4.90 Å². The van der Waals surface area contributed by atoms with E-state index in [9.17, 15) is 14.9 Å². The standard InChI is InChI=1S/C22H23N3O5S/c23-12-18-17-3-1-16(14-30-22(27)25-6-9-28-10-7-25)11-19(17)31-21(18)24-20(26)4-2-15-5-8-29-13-15/h2,4-5,8,13,16H,1,3,6-7,9-11,14H2,(H,24,26)/b4-2+. The Labute approximate surface area is 184 Å². The number of hydrogen-bond donors (Lipinski definition) is 1. The second-order valence-electron chi connectivity index (χ2n) is 7.48. The highest BCUT2D eigenvalue weighted by Gasteiger charge is 2.28. The van der Waals surface area contributed by atoms with Crippen molar-refractivity contribution < 1.29 is 23.5 Å². The van der Waals surface area contributed by atoms with Crippen LogP contribution in [0.15, 0.2) is 29.1 Å². The van der Waals surface area contributed by atoms with Crippen LogP contribution >= 0.6 is 11.3 Å². The van der Waals surface area contributed by atoms with Crippen LogP contribution in [0, 0.1) is 17.2 Å². The van der Waals surface area contributed by atoms with Crippen molar-refractivity contribution in [1.29, 1.82) is 5.26 Å². The highest BCUT2D eigenvalue weighted by atomic mass is 32.1. The first-order valence-corrected chi connectivity index (χ1v) is 11.0. The summed E-state index contributed by atoms with van der Waals surface area (Å²) in [4.78, 5) is 27.2. The molecule has 8 nitrogen and oxygen atoms in total. The molecule has 0 saturated carbocycles. The molecule has 0 spiro atoms. The summed E-state index contributed by atoms with van der Waals surface area (Å²) in [5.41, 5.74) is 2.32. The van der Waals surface area contributed by atoms with E-state index in [0.717, 1.165) is 35.3 Å². The number of rotatable bonds is 5. The van der Waals surface area contributed by atoms with E-state index in [-0.39, 0.29) is 17.9 Å². The fourth-order valence-corrected chi connectivity index (χ4v) is 5.04. The van der Waals surface area contributed by atoms with Gasteiger partial charge in [0.15, 0.2) is 0 Å². The van der Waals surface area contributed by atoms with Crippen LogP contribution in [0.4, 0.5) is 9.80 Å². The first kappa shape index (κ1) is 21.2. The summed E-state index contributed by atoms with van der Waals surface area (Å²) in [7, 11) is 0. The van der Waals surface area contributed by atoms with Crippen LogP contribution < -0.4 is 5.32 Å². The number of fused-ring (bicyclic) bond motifs is 1. The SMILES string of the molecule is N#Cc1c(NC(=O)/C=C/c2ccoc2)sc2c1CCC(COC(=O)N1CCOCC1)C2. The molecule has 2 aliphatic rings. The second kappa shape index (κ2) is 9.81. The van der Waals surface area contributed by atoms with Crippen LogP contribution in [0.1, 0.15) is 28.0 Å². The van der Waals surface area contributed by atoms with E-state index in [2.05, 4.69) is 11.4 Å². The predicted molar refractivity (Wildman–Crippen MR) is 115 cm³/mol. The first-order valence-electron chi connectivity index (χ1n) is 10.2. The van der Waals surface area contributed by atoms with Gasteiger partial charge in [0.2, 0.25) is 5.91 Å². The van der Waals surface area contributed by atoms with Gasteiger partial charge in [-0.1, -0.05) is 0 Å². The number of morpholine rings is 1. The van der Waals surface area contributed by atoms with E-state index in [1.165, 1.54) is 23.7 Å². The average Bonchev–Trinajstić information content (AvgIpc) is 3.43. The number of nitrogens with zero attached hydrogens (tertiary/aromatic N) is 2. The normalized spacial score (nSPS) is 18.4. The van der Waals surface area contributed by atoms with Crippen LogP contribution in [0.25, 0.3) is 6.08 Å². The maximum Gasteiger partial charge on any atom is 0.409 e. The van der Waals surface area contributed by atoms with E-state index >= 15 is 0 Å². The third-order valence-electron chi connectivity index (χ3n) is 5.40. The van der Waals surface area contributed by atoms with Crippen molar-refractivity contribution in [2.75, 3.05) is 38.2 Å². The molecule has 1 aliphatic heterocycles. The highest BCUT2D eigenvalue weighted by molar-refractivity contribution is 7.16. The van der Waals surface area contributed by atoms with Gasteiger partial charge in [0, 0.05) is 29.6 Å². The Bertz CT molecular complexity index is 999. The monoisotopic (exact) mass is 441 g/mol. The molecule has 1 atom stereocenters. The number of anilines is 1. The molecule has 1 unspecified atom stereocenters. The minimum Gasteiger partial charge on any atom is -0.472 e. The Hall–Kier alpha value is -3.09. The number of nitriles is 1. The minimum absolute atomic E-state index is 0.201. The van der Waals surface area contributed by atoms with Crippen LogP contribution in [0.2, 0.25) is 0 Å². The van der Waals surface area contributed by atoms with E-state index < -0.39 is 0 Å². The molecule has 0 aromatic carbocycles. The third-order valence-corrected chi connectivity index (χ3v) is 6.57. The highest BCUT2D eigenvalue weighted by Crippen LogP contribution is 2.39. The minimum atomic E-state index is -0.299. The molecular formula is C22H23N3O5S. The summed E-state index contributed by atoms with van der Waals surface area (Å²) in [5, 5.41) is 13.0. The van der Waals surface area contributed by atoms with E-state index in [4.69, 9.17) is 13.9 Å². The molecule has 31 heavy (non-hydrogen) atoms. The lowest BCUT2D eigenvalue weighted by Gasteiger charge is -2.27. The lowest BCUT2D eigenvalue weighted by molar-refractivity contribution is -0.111. The van der Waals surface area contributed by atoms with Crippen molar-refractivity contribution in [2.45, 2.75) is 19.3 Å². The van der Waals surface area contributed by atoms with Gasteiger partial charge in [-0.15, -0.1) is 11.3 Å². The van der Waals surface area contributed by atoms with Crippen molar-refractivity contribution in [3.8, 4) is 6.07 Å². The van der Waals surface area contributed by atoms with E-state index in [1.807, 2.05) is 0 Å². The lowest BCUT2D eigenvalue weighted by atomic mass is 9.88. The molecule has 0 radical (unpaired) electrons. The Morgan fingerprint density at radius 1 is 1.39 bits per heavy atom. The smallest absolute Gasteiger partial charge is 0.409 e. The zero-order chi connectivity index (χ0) is 21.6. The largest absolute Gasteiger partial charge is 0.472 e. The van der Waals surface area contributed by atoms with Gasteiger partial charge in [0.25, 0.3) is 0 Å². The van der Waals surface area contributed by atoms with Gasteiger partial charge in [0.05, 0.1) is 37.9 Å². The van der Waals surface area contributed by atoms with Gasteiger partial charge in [-0.05, 0) is 42.9 Å². The average molecular weight is 442 g/mol. The summed E-state index contributed by atoms with van der Waals surface area (Å²) in [6.07, 6.45) is 8.14. The zero-order valence-electron chi connectivity index (χ0n) is 17.0. The Morgan fingerprint density at radius 3 is 2.97 bits per heavy atom. The Morgan fingerprint density at radius 2 is 2.23 bits per heavy atom. The van der Waals surface area contributed by atoms with Crippen molar-refractivity contribution in [3.05, 3.63) is 46.2 Å². The lowest BCUT2D eigenvalue weighted by Crippen LogP contribution is -2.41. The fourth-order valence-electron chi connectivity index (χ4n) is 3.72. The summed E-state index contributed by atoms with van der Waals surface area (Å²) < 4.78 is 15.7. The molecule has 1 N–H and O–H groups in total. The van der Waals surface area contributed by atoms with Gasteiger partial charge in [-0.2, -0.15) is 5.26 Å². The van der Waals surface area contributed by atoms with Crippen LogP contribution in [0.5, 0.6) is 0 Å². The Kier molecular flexibility index (Phi) is 6.70. The number of carbonyl (C=O) groups is 2. The van der Waals surface area contributed by atoms with Crippen LogP contribution in [-0.2, 0) is 27.1 Å². The number of thiophene rings is 1. The molecule has 3 heterocycles. The third kappa shape index (κ3) is 5.16. The van der Waals surface area contributed by atoms with Crippen molar-refractivity contribution in [3.63, 3.8) is 0 Å². The number of amides is 2. The predicted octanol–water partition coefficient (Wildman–Crippen LogP) is 3.44. The molecule has 2 amide bonds. The summed E-state index contributed by atoms with van der Waals surface area (Å²) in [6, 6.07) is 3.99. The number of furan rings is 1. The van der Waals surface area contributed by atoms with E-state index in [1.54, 1.807) is 23.3 Å². The van der Waals surface area contributed by atoms with Gasteiger partial charge < -0.3 is 24.1 Å². The summed E-state index contributed by atoms with van der Waals surface area (Å²) >= 11 is 1.43. The molecule has 2 aromatic heterocycles. The number of ether oxygens (including phenoxy) is 2. The molecule has 1 aliphatic carbocycles. The second-order valence-corrected chi connectivity index (χ2v) is 8.59. The molecular weight excluding hydrogens is 418 g/mol. The van der Waals surface area contributed by atoms with Crippen LogP contribution in [-0.4, -0.2) is 49.8 Å². The molecule has 1 fully saturated rings. The van der Waals surface area contributed by atoms with Gasteiger partial charge >= 0.3 is 6.09 Å².